The molecule has 0 spiro atoms. The van der Waals surface area contributed by atoms with Gasteiger partial charge >= 0.3 is 0 Å². The van der Waals surface area contributed by atoms with Crippen molar-refractivity contribution in [2.45, 2.75) is 21.6 Å². The molecular weight excluding hydrogens is 392 g/mol. The highest BCUT2D eigenvalue weighted by Crippen LogP contribution is 2.34. The number of sulfonamides is 1. The largest absolute Gasteiger partial charge is 0.355 e. The van der Waals surface area contributed by atoms with Crippen LogP contribution in [0, 0.1) is 6.92 Å². The summed E-state index contributed by atoms with van der Waals surface area (Å²) in [5.41, 5.74) is 1.52. The van der Waals surface area contributed by atoms with Gasteiger partial charge in [0.1, 0.15) is 0 Å². The van der Waals surface area contributed by atoms with Gasteiger partial charge in [-0.15, -0.1) is 0 Å². The minimum absolute atomic E-state index is 0.0382. The van der Waals surface area contributed by atoms with Gasteiger partial charge in [-0.1, -0.05) is 48.2 Å². The van der Waals surface area contributed by atoms with E-state index in [0.29, 0.717) is 16.8 Å². The fraction of sp³-hybridized carbons (Fsp3) is 0.0952. The van der Waals surface area contributed by atoms with Gasteiger partial charge in [-0.2, -0.15) is 0 Å². The number of para-hydroxylation sites is 1. The molecule has 3 rings (SSSR count). The molecule has 0 saturated carbocycles. The van der Waals surface area contributed by atoms with Crippen molar-refractivity contribution < 1.29 is 13.2 Å². The van der Waals surface area contributed by atoms with Crippen molar-refractivity contribution in [1.82, 2.24) is 5.32 Å². The van der Waals surface area contributed by atoms with Gasteiger partial charge in [-0.3, -0.25) is 9.52 Å². The van der Waals surface area contributed by atoms with Crippen molar-refractivity contribution in [3.8, 4) is 0 Å². The molecule has 0 bridgehead atoms. The maximum absolute atomic E-state index is 12.9. The number of benzene rings is 3. The second-order valence-corrected chi connectivity index (χ2v) is 8.87. The zero-order valence-electron chi connectivity index (χ0n) is 15.5. The first-order valence-electron chi connectivity index (χ1n) is 8.58. The van der Waals surface area contributed by atoms with Crippen LogP contribution in [0.3, 0.4) is 0 Å². The Bertz CT molecular complexity index is 1100. The fourth-order valence-corrected chi connectivity index (χ4v) is 4.70. The Morgan fingerprint density at radius 3 is 2.32 bits per heavy atom. The third-order valence-corrected chi connectivity index (χ3v) is 6.54. The molecule has 7 heteroatoms. The summed E-state index contributed by atoms with van der Waals surface area (Å²) in [5.74, 6) is -0.324. The lowest BCUT2D eigenvalue weighted by molar-refractivity contribution is 0.0962. The van der Waals surface area contributed by atoms with E-state index in [1.54, 1.807) is 25.1 Å². The van der Waals surface area contributed by atoms with Crippen molar-refractivity contribution in [2.75, 3.05) is 11.8 Å². The number of hydrogen-bond acceptors (Lipinski definition) is 4. The van der Waals surface area contributed by atoms with Gasteiger partial charge in [-0.25, -0.2) is 8.42 Å². The minimum atomic E-state index is -3.85. The smallest absolute Gasteiger partial charge is 0.261 e. The molecule has 144 valence electrons. The number of carbonyl (C=O) groups is 1. The maximum atomic E-state index is 12.9. The van der Waals surface area contributed by atoms with Crippen LogP contribution in [0.2, 0.25) is 0 Å². The summed E-state index contributed by atoms with van der Waals surface area (Å²) in [4.78, 5) is 13.8. The van der Waals surface area contributed by atoms with Gasteiger partial charge in [0.2, 0.25) is 0 Å². The highest BCUT2D eigenvalue weighted by atomic mass is 32.2. The first-order valence-corrected chi connectivity index (χ1v) is 10.9. The van der Waals surface area contributed by atoms with Gasteiger partial charge in [0.15, 0.2) is 0 Å². The van der Waals surface area contributed by atoms with Crippen molar-refractivity contribution >= 4 is 33.4 Å². The molecule has 0 radical (unpaired) electrons. The third-order valence-electron chi connectivity index (χ3n) is 4.09. The SMILES string of the molecule is CNC(=O)c1cc(S(=O)(=O)Nc2ccccc2Sc2ccccc2)ccc1C. The quantitative estimate of drug-likeness (QED) is 0.633. The summed E-state index contributed by atoms with van der Waals surface area (Å²) in [5, 5.41) is 2.53. The van der Waals surface area contributed by atoms with Crippen LogP contribution in [-0.2, 0) is 10.0 Å². The number of aryl methyl sites for hydroxylation is 1. The van der Waals surface area contributed by atoms with Gasteiger partial charge < -0.3 is 5.32 Å². The van der Waals surface area contributed by atoms with Crippen LogP contribution >= 0.6 is 11.8 Å². The molecule has 3 aromatic carbocycles. The average Bonchev–Trinajstić information content (AvgIpc) is 2.69. The van der Waals surface area contributed by atoms with Crippen molar-refractivity contribution in [3.63, 3.8) is 0 Å². The Hall–Kier alpha value is -2.77. The lowest BCUT2D eigenvalue weighted by Gasteiger charge is -2.13. The minimum Gasteiger partial charge on any atom is -0.355 e. The van der Waals surface area contributed by atoms with Crippen molar-refractivity contribution in [3.05, 3.63) is 83.9 Å². The number of hydrogen-bond donors (Lipinski definition) is 2. The van der Waals surface area contributed by atoms with Crippen molar-refractivity contribution in [2.24, 2.45) is 0 Å². The highest BCUT2D eigenvalue weighted by molar-refractivity contribution is 7.99. The van der Waals surface area contributed by atoms with E-state index in [1.807, 2.05) is 42.5 Å². The standard InChI is InChI=1S/C21H20N2O3S2/c1-15-12-13-17(14-18(15)21(24)22-2)28(25,26)23-19-10-6-7-11-20(19)27-16-8-4-3-5-9-16/h3-14,23H,1-2H3,(H,22,24). The van der Waals surface area contributed by atoms with Gasteiger partial charge in [-0.05, 0) is 48.9 Å². The molecule has 0 atom stereocenters. The molecule has 0 saturated heterocycles. The molecule has 0 aliphatic carbocycles. The summed E-state index contributed by atoms with van der Waals surface area (Å²) in [6.07, 6.45) is 0. The number of anilines is 1. The topological polar surface area (TPSA) is 75.3 Å². The fourth-order valence-electron chi connectivity index (χ4n) is 2.61. The van der Waals surface area contributed by atoms with E-state index in [9.17, 15) is 13.2 Å². The van der Waals surface area contributed by atoms with Gasteiger partial charge in [0.05, 0.1) is 10.6 Å². The molecular formula is C21H20N2O3S2. The molecule has 1 amide bonds. The van der Waals surface area contributed by atoms with E-state index in [1.165, 1.54) is 30.9 Å². The Balaban J connectivity index is 1.92. The maximum Gasteiger partial charge on any atom is 0.261 e. The summed E-state index contributed by atoms with van der Waals surface area (Å²) >= 11 is 1.47. The molecule has 28 heavy (non-hydrogen) atoms. The molecule has 0 aromatic heterocycles. The Morgan fingerprint density at radius 1 is 0.929 bits per heavy atom. The van der Waals surface area contributed by atoms with E-state index in [4.69, 9.17) is 0 Å². The number of carbonyl (C=O) groups excluding carboxylic acids is 1. The number of amides is 1. The highest BCUT2D eigenvalue weighted by Gasteiger charge is 2.19. The molecule has 0 aliphatic rings. The van der Waals surface area contributed by atoms with Crippen LogP contribution in [0.15, 0.2) is 87.5 Å². The monoisotopic (exact) mass is 412 g/mol. The lowest BCUT2D eigenvalue weighted by atomic mass is 10.1. The van der Waals surface area contributed by atoms with E-state index >= 15 is 0 Å². The van der Waals surface area contributed by atoms with Gasteiger partial charge in [0.25, 0.3) is 15.9 Å². The zero-order valence-corrected chi connectivity index (χ0v) is 17.1. The van der Waals surface area contributed by atoms with E-state index in [0.717, 1.165) is 9.79 Å². The zero-order chi connectivity index (χ0) is 20.1. The third kappa shape index (κ3) is 4.55. The average molecular weight is 413 g/mol. The van der Waals surface area contributed by atoms with E-state index in [-0.39, 0.29) is 10.8 Å². The molecule has 0 aliphatic heterocycles. The van der Waals surface area contributed by atoms with Crippen LogP contribution in [0.5, 0.6) is 0 Å². The molecule has 2 N–H and O–H groups in total. The van der Waals surface area contributed by atoms with Crippen molar-refractivity contribution in [1.29, 1.82) is 0 Å². The first kappa shape index (κ1) is 20.0. The predicted octanol–water partition coefficient (Wildman–Crippen LogP) is 4.31. The summed E-state index contributed by atoms with van der Waals surface area (Å²) in [6, 6.07) is 21.5. The molecule has 5 nitrogen and oxygen atoms in total. The molecule has 0 heterocycles. The molecule has 0 unspecified atom stereocenters. The second kappa shape index (κ2) is 8.50. The van der Waals surface area contributed by atoms with Crippen LogP contribution < -0.4 is 10.0 Å². The Morgan fingerprint density at radius 2 is 1.61 bits per heavy atom. The van der Waals surface area contributed by atoms with Gasteiger partial charge in [0, 0.05) is 22.4 Å². The summed E-state index contributed by atoms with van der Waals surface area (Å²) in [6.45, 7) is 1.76. The summed E-state index contributed by atoms with van der Waals surface area (Å²) in [7, 11) is -2.34. The van der Waals surface area contributed by atoms with Crippen LogP contribution in [-0.4, -0.2) is 21.4 Å². The second-order valence-electron chi connectivity index (χ2n) is 6.07. The van der Waals surface area contributed by atoms with Crippen LogP contribution in [0.25, 0.3) is 0 Å². The summed E-state index contributed by atoms with van der Waals surface area (Å²) < 4.78 is 28.5. The van der Waals surface area contributed by atoms with Crippen LogP contribution in [0.4, 0.5) is 5.69 Å². The predicted molar refractivity (Wildman–Crippen MR) is 112 cm³/mol. The normalized spacial score (nSPS) is 11.1. The number of nitrogens with one attached hydrogen (secondary N) is 2. The Labute approximate surface area is 169 Å². The molecule has 0 fully saturated rings. The van der Waals surface area contributed by atoms with Crippen LogP contribution in [0.1, 0.15) is 15.9 Å². The Kier molecular flexibility index (Phi) is 6.06. The molecule has 3 aromatic rings. The number of rotatable bonds is 6. The lowest BCUT2D eigenvalue weighted by Crippen LogP contribution is -2.20. The van der Waals surface area contributed by atoms with E-state index < -0.39 is 10.0 Å². The first-order chi connectivity index (χ1) is 13.4. The van der Waals surface area contributed by atoms with E-state index in [2.05, 4.69) is 10.0 Å².